The van der Waals surface area contributed by atoms with Crippen LogP contribution in [0.1, 0.15) is 22.8 Å². The second-order valence-electron chi connectivity index (χ2n) is 5.19. The van der Waals surface area contributed by atoms with Crippen LogP contribution in [-0.4, -0.2) is 32.8 Å². The quantitative estimate of drug-likeness (QED) is 0.884. The molecule has 4 nitrogen and oxygen atoms in total. The van der Waals surface area contributed by atoms with E-state index in [0.717, 1.165) is 5.56 Å². The van der Waals surface area contributed by atoms with E-state index in [1.165, 1.54) is 0 Å². The molecule has 1 N–H and O–H groups in total. The predicted molar refractivity (Wildman–Crippen MR) is 69.0 cm³/mol. The highest BCUT2D eigenvalue weighted by Crippen LogP contribution is 2.26. The summed E-state index contributed by atoms with van der Waals surface area (Å²) < 4.78 is 10.4. The number of hydrogen-bond acceptors (Lipinski definition) is 3. The van der Waals surface area contributed by atoms with Gasteiger partial charge in [-0.05, 0) is 19.1 Å². The Bertz CT molecular complexity index is 452. The number of rotatable bonds is 4. The number of methoxy groups -OCH3 is 1. The predicted octanol–water partition coefficient (Wildman–Crippen LogP) is 1.77. The van der Waals surface area contributed by atoms with Gasteiger partial charge in [0.25, 0.3) is 5.91 Å². The van der Waals surface area contributed by atoms with Crippen LogP contribution in [0.25, 0.3) is 0 Å². The number of amides is 1. The minimum absolute atomic E-state index is 0.0761. The molecule has 0 spiro atoms. The van der Waals surface area contributed by atoms with Gasteiger partial charge in [-0.2, -0.15) is 0 Å². The zero-order valence-corrected chi connectivity index (χ0v) is 11.1. The first-order valence-corrected chi connectivity index (χ1v) is 6.05. The maximum atomic E-state index is 12.1. The molecule has 1 saturated heterocycles. The first-order chi connectivity index (χ1) is 8.54. The van der Waals surface area contributed by atoms with Gasteiger partial charge in [0.1, 0.15) is 5.75 Å². The first kappa shape index (κ1) is 12.9. The fraction of sp³-hybridized carbons (Fsp3) is 0.500. The highest BCUT2D eigenvalue weighted by atomic mass is 16.5. The van der Waals surface area contributed by atoms with Crippen LogP contribution >= 0.6 is 0 Å². The third kappa shape index (κ3) is 2.64. The van der Waals surface area contributed by atoms with Crippen molar-refractivity contribution in [2.24, 2.45) is 5.41 Å². The Morgan fingerprint density at radius 3 is 2.78 bits per heavy atom. The third-order valence-corrected chi connectivity index (χ3v) is 3.18. The highest BCUT2D eigenvalue weighted by molar-refractivity contribution is 5.97. The van der Waals surface area contributed by atoms with E-state index in [1.807, 2.05) is 25.1 Å². The van der Waals surface area contributed by atoms with Crippen LogP contribution in [-0.2, 0) is 4.74 Å². The van der Waals surface area contributed by atoms with Crippen molar-refractivity contribution in [2.75, 3.05) is 26.9 Å². The van der Waals surface area contributed by atoms with Gasteiger partial charge in [-0.15, -0.1) is 0 Å². The lowest BCUT2D eigenvalue weighted by atomic mass is 9.88. The smallest absolute Gasteiger partial charge is 0.255 e. The second kappa shape index (κ2) is 4.98. The summed E-state index contributed by atoms with van der Waals surface area (Å²) in [5.41, 5.74) is 1.70. The van der Waals surface area contributed by atoms with Crippen LogP contribution in [0.5, 0.6) is 5.75 Å². The Balaban J connectivity index is 2.05. The van der Waals surface area contributed by atoms with E-state index in [9.17, 15) is 4.79 Å². The molecule has 1 aromatic rings. The van der Waals surface area contributed by atoms with Crippen molar-refractivity contribution < 1.29 is 14.3 Å². The molecule has 18 heavy (non-hydrogen) atoms. The number of hydrogen-bond donors (Lipinski definition) is 1. The van der Waals surface area contributed by atoms with Gasteiger partial charge in [0.2, 0.25) is 0 Å². The Hall–Kier alpha value is -1.55. The molecule has 1 heterocycles. The fourth-order valence-corrected chi connectivity index (χ4v) is 1.94. The zero-order chi connectivity index (χ0) is 13.2. The van der Waals surface area contributed by atoms with Crippen LogP contribution in [0.2, 0.25) is 0 Å². The van der Waals surface area contributed by atoms with Gasteiger partial charge in [0, 0.05) is 12.0 Å². The normalized spacial score (nSPS) is 16.8. The molecule has 0 aromatic heterocycles. The molecule has 0 aliphatic carbocycles. The molecule has 0 saturated carbocycles. The SMILES string of the molecule is COc1ccc(C)cc1C(=O)NCC1(C)COC1. The molecular weight excluding hydrogens is 230 g/mol. The van der Waals surface area contributed by atoms with Crippen LogP contribution < -0.4 is 10.1 Å². The summed E-state index contributed by atoms with van der Waals surface area (Å²) in [4.78, 5) is 12.1. The average molecular weight is 249 g/mol. The number of carbonyl (C=O) groups is 1. The molecule has 1 aliphatic rings. The van der Waals surface area contributed by atoms with Gasteiger partial charge in [-0.25, -0.2) is 0 Å². The Morgan fingerprint density at radius 2 is 2.22 bits per heavy atom. The van der Waals surface area contributed by atoms with E-state index in [4.69, 9.17) is 9.47 Å². The molecule has 0 unspecified atom stereocenters. The van der Waals surface area contributed by atoms with Crippen molar-refractivity contribution >= 4 is 5.91 Å². The number of ether oxygens (including phenoxy) is 2. The zero-order valence-electron chi connectivity index (χ0n) is 11.1. The average Bonchev–Trinajstić information content (AvgIpc) is 2.33. The summed E-state index contributed by atoms with van der Waals surface area (Å²) in [7, 11) is 1.57. The summed E-state index contributed by atoms with van der Waals surface area (Å²) >= 11 is 0. The number of nitrogens with one attached hydrogen (secondary N) is 1. The van der Waals surface area contributed by atoms with E-state index in [-0.39, 0.29) is 11.3 Å². The molecule has 1 aliphatic heterocycles. The van der Waals surface area contributed by atoms with Crippen LogP contribution in [0.15, 0.2) is 18.2 Å². The Morgan fingerprint density at radius 1 is 1.50 bits per heavy atom. The number of benzene rings is 1. The van der Waals surface area contributed by atoms with Crippen molar-refractivity contribution in [1.82, 2.24) is 5.32 Å². The summed E-state index contributed by atoms with van der Waals surface area (Å²) in [6, 6.07) is 5.59. The first-order valence-electron chi connectivity index (χ1n) is 6.05. The molecule has 1 fully saturated rings. The Kier molecular flexibility index (Phi) is 3.57. The molecule has 1 amide bonds. The van der Waals surface area contributed by atoms with Crippen LogP contribution in [0.4, 0.5) is 0 Å². The molecule has 0 atom stereocenters. The minimum atomic E-state index is -0.0938. The lowest BCUT2D eigenvalue weighted by Crippen LogP contribution is -2.48. The molecule has 98 valence electrons. The lowest BCUT2D eigenvalue weighted by Gasteiger charge is -2.38. The van der Waals surface area contributed by atoms with Gasteiger partial charge in [-0.3, -0.25) is 4.79 Å². The van der Waals surface area contributed by atoms with E-state index >= 15 is 0 Å². The molecular formula is C14H19NO3. The minimum Gasteiger partial charge on any atom is -0.496 e. The van der Waals surface area contributed by atoms with Crippen molar-refractivity contribution in [3.8, 4) is 5.75 Å². The molecule has 4 heteroatoms. The molecule has 1 aromatic carbocycles. The van der Waals surface area contributed by atoms with E-state index in [2.05, 4.69) is 12.2 Å². The van der Waals surface area contributed by atoms with Crippen LogP contribution in [0.3, 0.4) is 0 Å². The fourth-order valence-electron chi connectivity index (χ4n) is 1.94. The monoisotopic (exact) mass is 249 g/mol. The highest BCUT2D eigenvalue weighted by Gasteiger charge is 2.33. The van der Waals surface area contributed by atoms with Crippen LogP contribution in [0, 0.1) is 12.3 Å². The molecule has 0 radical (unpaired) electrons. The van der Waals surface area contributed by atoms with Crippen molar-refractivity contribution in [1.29, 1.82) is 0 Å². The maximum Gasteiger partial charge on any atom is 0.255 e. The maximum absolute atomic E-state index is 12.1. The molecule has 0 bridgehead atoms. The van der Waals surface area contributed by atoms with Gasteiger partial charge < -0.3 is 14.8 Å². The summed E-state index contributed by atoms with van der Waals surface area (Å²) in [5.74, 6) is 0.511. The lowest BCUT2D eigenvalue weighted by molar-refractivity contribution is -0.0978. The van der Waals surface area contributed by atoms with E-state index in [0.29, 0.717) is 31.1 Å². The van der Waals surface area contributed by atoms with Gasteiger partial charge in [0.15, 0.2) is 0 Å². The Labute approximate surface area is 107 Å². The summed E-state index contributed by atoms with van der Waals surface area (Å²) in [5, 5.41) is 2.94. The summed E-state index contributed by atoms with van der Waals surface area (Å²) in [6.07, 6.45) is 0. The van der Waals surface area contributed by atoms with Gasteiger partial charge >= 0.3 is 0 Å². The van der Waals surface area contributed by atoms with Gasteiger partial charge in [0.05, 0.1) is 25.9 Å². The topological polar surface area (TPSA) is 47.6 Å². The van der Waals surface area contributed by atoms with E-state index < -0.39 is 0 Å². The van der Waals surface area contributed by atoms with Gasteiger partial charge in [-0.1, -0.05) is 18.6 Å². The van der Waals surface area contributed by atoms with E-state index in [1.54, 1.807) is 7.11 Å². The molecule has 2 rings (SSSR count). The number of aryl methyl sites for hydroxylation is 1. The third-order valence-electron chi connectivity index (χ3n) is 3.18. The largest absolute Gasteiger partial charge is 0.496 e. The van der Waals surface area contributed by atoms with Crippen molar-refractivity contribution in [3.05, 3.63) is 29.3 Å². The summed E-state index contributed by atoms with van der Waals surface area (Å²) in [6.45, 7) is 6.10. The number of carbonyl (C=O) groups excluding carboxylic acids is 1. The second-order valence-corrected chi connectivity index (χ2v) is 5.19. The van der Waals surface area contributed by atoms with Crippen molar-refractivity contribution in [2.45, 2.75) is 13.8 Å². The van der Waals surface area contributed by atoms with Crippen molar-refractivity contribution in [3.63, 3.8) is 0 Å². The standard InChI is InChI=1S/C14H19NO3/c1-10-4-5-12(17-3)11(6-10)13(16)15-7-14(2)8-18-9-14/h4-6H,7-9H2,1-3H3,(H,15,16).